The van der Waals surface area contributed by atoms with E-state index in [-0.39, 0.29) is 59.8 Å². The number of aromatic nitrogens is 4. The second-order valence-electron chi connectivity index (χ2n) is 12.1. The fraction of sp³-hybridized carbons (Fsp3) is 0.282. The van der Waals surface area contributed by atoms with Crippen molar-refractivity contribution in [3.63, 3.8) is 0 Å². The third-order valence-electron chi connectivity index (χ3n) is 7.79. The van der Waals surface area contributed by atoms with Gasteiger partial charge in [-0.25, -0.2) is 14.8 Å². The summed E-state index contributed by atoms with van der Waals surface area (Å²) in [7, 11) is -1.38. The lowest BCUT2D eigenvalue weighted by Gasteiger charge is -2.15. The zero-order chi connectivity index (χ0) is 41.9. The number of carbonyl (C=O) groups is 4. The van der Waals surface area contributed by atoms with Crippen LogP contribution in [0.2, 0.25) is 0 Å². The molecule has 306 valence electrons. The maximum Gasteiger partial charge on any atom is 0.347 e. The molecule has 2 heterocycles. The summed E-state index contributed by atoms with van der Waals surface area (Å²) >= 11 is 0. The largest absolute Gasteiger partial charge is 0.483 e. The summed E-state index contributed by atoms with van der Waals surface area (Å²) in [5, 5.41) is 12.9. The van der Waals surface area contributed by atoms with Crippen molar-refractivity contribution < 1.29 is 47.3 Å². The van der Waals surface area contributed by atoms with Gasteiger partial charge < -0.3 is 44.5 Å². The first kappa shape index (κ1) is 44.4. The van der Waals surface area contributed by atoms with Crippen LogP contribution in [0, 0.1) is 0 Å². The van der Waals surface area contributed by atoms with Gasteiger partial charge in [-0.1, -0.05) is 24.3 Å². The number of benzene rings is 3. The highest BCUT2D eigenvalue weighted by Crippen LogP contribution is 2.39. The average Bonchev–Trinajstić information content (AvgIpc) is 3.21. The molecule has 18 nitrogen and oxygen atoms in total. The molecule has 5 aromatic rings. The van der Waals surface area contributed by atoms with Gasteiger partial charge in [-0.2, -0.15) is 4.98 Å². The van der Waals surface area contributed by atoms with E-state index in [1.165, 1.54) is 18.3 Å². The molecule has 5 rings (SSSR count). The van der Waals surface area contributed by atoms with Crippen LogP contribution in [-0.4, -0.2) is 75.2 Å². The van der Waals surface area contributed by atoms with Gasteiger partial charge >= 0.3 is 20.5 Å². The van der Waals surface area contributed by atoms with E-state index in [2.05, 4.69) is 30.6 Å². The molecule has 3 aromatic carbocycles. The number of nitrogen functional groups attached to an aromatic ring is 1. The molecule has 1 amide bonds. The number of esters is 2. The van der Waals surface area contributed by atoms with Crippen LogP contribution in [0.4, 0.5) is 11.6 Å². The molecule has 19 heteroatoms. The number of para-hydroxylation sites is 1. The molecule has 0 aliphatic carbocycles. The molecule has 0 saturated heterocycles. The van der Waals surface area contributed by atoms with Crippen LogP contribution in [0.15, 0.2) is 83.8 Å². The third kappa shape index (κ3) is 14.0. The predicted octanol–water partition coefficient (Wildman–Crippen LogP) is 5.19. The smallest absolute Gasteiger partial charge is 0.347 e. The van der Waals surface area contributed by atoms with Crippen LogP contribution < -0.4 is 31.4 Å². The number of carboxylic acid groups (broad SMARTS) is 1. The van der Waals surface area contributed by atoms with Gasteiger partial charge in [-0.3, -0.25) is 24.2 Å². The number of aromatic amines is 1. The van der Waals surface area contributed by atoms with Gasteiger partial charge in [-0.15, -0.1) is 0 Å². The van der Waals surface area contributed by atoms with E-state index in [1.807, 2.05) is 26.0 Å². The quantitative estimate of drug-likeness (QED) is 0.0311. The minimum Gasteiger partial charge on any atom is -0.483 e. The molecule has 0 aliphatic heterocycles. The summed E-state index contributed by atoms with van der Waals surface area (Å²) in [6.45, 7) is 6.97. The molecular formula is C39H44N7O11P. The topological polar surface area (TPSA) is 256 Å². The number of nitrogens with one attached hydrogen (secondary N) is 3. The predicted molar refractivity (Wildman–Crippen MR) is 214 cm³/mol. The highest BCUT2D eigenvalue weighted by molar-refractivity contribution is 7.41. The first-order valence-corrected chi connectivity index (χ1v) is 19.2. The Morgan fingerprint density at radius 1 is 0.948 bits per heavy atom. The van der Waals surface area contributed by atoms with Crippen LogP contribution >= 0.6 is 8.60 Å². The van der Waals surface area contributed by atoms with Crippen molar-refractivity contribution in [3.8, 4) is 11.5 Å². The number of nitrogens with two attached hydrogens (primary N) is 1. The number of carbonyl (C=O) groups excluding carboxylic acids is 3. The van der Waals surface area contributed by atoms with Gasteiger partial charge in [0.25, 0.3) is 17.9 Å². The SMILES string of the molecule is CCOP(OCC)OCCc1ccc(OC(=O)c2ccccc2OC(=O)CC[C@@H](C)NC(=O)c2ccc(NCc3cnc4nc(N)[nH]c(=O)c4n3)cc2)cc1.O=CO. The number of ether oxygens (including phenoxy) is 2. The van der Waals surface area contributed by atoms with E-state index in [0.29, 0.717) is 55.4 Å². The summed E-state index contributed by atoms with van der Waals surface area (Å²) in [6, 6.07) is 19.8. The number of hydrogen-bond acceptors (Lipinski definition) is 15. The maximum atomic E-state index is 13.0. The first-order chi connectivity index (χ1) is 28.0. The zero-order valence-electron chi connectivity index (χ0n) is 32.0. The molecule has 2 aromatic heterocycles. The summed E-state index contributed by atoms with van der Waals surface area (Å²) in [4.78, 5) is 74.0. The van der Waals surface area contributed by atoms with E-state index in [0.717, 1.165) is 5.56 Å². The lowest BCUT2D eigenvalue weighted by Crippen LogP contribution is -2.33. The molecule has 0 radical (unpaired) electrons. The average molecular weight is 818 g/mol. The number of H-pyrrole nitrogens is 1. The van der Waals surface area contributed by atoms with Gasteiger partial charge in [0.2, 0.25) is 5.95 Å². The van der Waals surface area contributed by atoms with E-state index in [1.54, 1.807) is 55.5 Å². The summed E-state index contributed by atoms with van der Waals surface area (Å²) in [6.07, 6.45) is 2.40. The summed E-state index contributed by atoms with van der Waals surface area (Å²) in [5.74, 6) is -1.20. The van der Waals surface area contributed by atoms with Crippen molar-refractivity contribution in [1.29, 1.82) is 0 Å². The molecule has 6 N–H and O–H groups in total. The molecule has 0 unspecified atom stereocenters. The molecular weight excluding hydrogens is 773 g/mol. The van der Waals surface area contributed by atoms with Gasteiger partial charge in [0, 0.05) is 23.7 Å². The Kier molecular flexibility index (Phi) is 17.6. The second kappa shape index (κ2) is 23.0. The number of anilines is 2. The fourth-order valence-corrected chi connectivity index (χ4v) is 5.93. The standard InChI is InChI=1S/C38H42N7O9P.CH2O2/c1-4-50-55(51-5-2)52-21-20-25-11-17-29(18-12-25)53-37(49)30-8-6-7-9-31(30)54-32(46)19-10-24(3)42-35(47)26-13-15-27(16-14-26)40-22-28-23-41-34-33(43-28)36(48)45-38(39)44-34;2-1-3/h6-9,11-18,23-24,40H,4-5,10,19-22H2,1-3H3,(H,42,47)(H3,39,41,44,45,48);1H,(H,2,3)/t24-;/m1./s1. The Labute approximate surface area is 334 Å². The zero-order valence-corrected chi connectivity index (χ0v) is 32.9. The molecule has 0 spiro atoms. The molecule has 0 fully saturated rings. The molecule has 0 bridgehead atoms. The Hall–Kier alpha value is -6.33. The van der Waals surface area contributed by atoms with Crippen LogP contribution in [-0.2, 0) is 36.1 Å². The fourth-order valence-electron chi connectivity index (χ4n) is 5.05. The number of nitrogens with zero attached hydrogens (tertiary/aromatic N) is 3. The molecule has 0 aliphatic rings. The normalized spacial score (nSPS) is 11.2. The maximum absolute atomic E-state index is 13.0. The van der Waals surface area contributed by atoms with E-state index < -0.39 is 26.1 Å². The molecule has 0 saturated carbocycles. The van der Waals surface area contributed by atoms with Crippen molar-refractivity contribution in [2.24, 2.45) is 0 Å². The lowest BCUT2D eigenvalue weighted by atomic mass is 10.1. The van der Waals surface area contributed by atoms with Gasteiger partial charge in [-0.05, 0) is 87.7 Å². The summed E-state index contributed by atoms with van der Waals surface area (Å²) in [5.41, 5.74) is 8.03. The molecule has 58 heavy (non-hydrogen) atoms. The van der Waals surface area contributed by atoms with Crippen molar-refractivity contribution >= 4 is 55.7 Å². The Morgan fingerprint density at radius 3 is 2.33 bits per heavy atom. The number of fused-ring (bicyclic) bond motifs is 1. The van der Waals surface area contributed by atoms with E-state index in [4.69, 9.17) is 38.7 Å². The van der Waals surface area contributed by atoms with Crippen LogP contribution in [0.25, 0.3) is 11.2 Å². The van der Waals surface area contributed by atoms with Crippen LogP contribution in [0.3, 0.4) is 0 Å². The van der Waals surface area contributed by atoms with E-state index >= 15 is 0 Å². The Morgan fingerprint density at radius 2 is 1.64 bits per heavy atom. The number of amides is 1. The summed E-state index contributed by atoms with van der Waals surface area (Å²) < 4.78 is 27.7. The monoisotopic (exact) mass is 817 g/mol. The van der Waals surface area contributed by atoms with Crippen LogP contribution in [0.5, 0.6) is 11.5 Å². The lowest BCUT2D eigenvalue weighted by molar-refractivity contribution is -0.134. The third-order valence-corrected chi connectivity index (χ3v) is 9.12. The Balaban J connectivity index is 0.00000240. The first-order valence-electron chi connectivity index (χ1n) is 18.1. The second-order valence-corrected chi connectivity index (χ2v) is 13.3. The van der Waals surface area contributed by atoms with Crippen molar-refractivity contribution in [2.75, 3.05) is 30.9 Å². The Bertz CT molecular complexity index is 2180. The van der Waals surface area contributed by atoms with Crippen molar-refractivity contribution in [1.82, 2.24) is 25.3 Å². The number of hydrogen-bond donors (Lipinski definition) is 5. The van der Waals surface area contributed by atoms with Crippen LogP contribution in [0.1, 0.15) is 65.6 Å². The van der Waals surface area contributed by atoms with Crippen molar-refractivity contribution in [2.45, 2.75) is 52.6 Å². The highest BCUT2D eigenvalue weighted by Gasteiger charge is 2.19. The minimum atomic E-state index is -1.38. The van der Waals surface area contributed by atoms with E-state index in [9.17, 15) is 19.2 Å². The van der Waals surface area contributed by atoms with Crippen molar-refractivity contribution in [3.05, 3.63) is 112 Å². The van der Waals surface area contributed by atoms with Gasteiger partial charge in [0.05, 0.1) is 38.3 Å². The minimum absolute atomic E-state index is 0.0110. The molecule has 1 atom stereocenters. The van der Waals surface area contributed by atoms with Gasteiger partial charge in [0.15, 0.2) is 11.2 Å². The highest BCUT2D eigenvalue weighted by atomic mass is 31.2. The number of rotatable bonds is 19. The van der Waals surface area contributed by atoms with Gasteiger partial charge in [0.1, 0.15) is 17.1 Å².